The second-order valence-electron chi connectivity index (χ2n) is 4.26. The van der Waals surface area contributed by atoms with Gasteiger partial charge in [-0.15, -0.1) is 0 Å². The lowest BCUT2D eigenvalue weighted by Gasteiger charge is -2.04. The highest BCUT2D eigenvalue weighted by Crippen LogP contribution is 2.08. The average Bonchev–Trinajstić information content (AvgIpc) is 2.41. The Kier molecular flexibility index (Phi) is 4.24. The van der Waals surface area contributed by atoms with Crippen molar-refractivity contribution in [1.29, 1.82) is 0 Å². The molecule has 0 amide bonds. The molecule has 0 aliphatic carbocycles. The monoisotopic (exact) mass is 254 g/mol. The lowest BCUT2D eigenvalue weighted by molar-refractivity contribution is -0.131. The Bertz CT molecular complexity index is 547. The molecule has 0 N–H and O–H groups in total. The molecule has 0 saturated carbocycles. The quantitative estimate of drug-likeness (QED) is 0.464. The molecule has 4 heteroatoms. The van der Waals surface area contributed by atoms with E-state index < -0.39 is 0 Å². The maximum Gasteiger partial charge on any atom is 0.308 e. The molecule has 0 heterocycles. The first-order chi connectivity index (χ1) is 9.17. The zero-order chi connectivity index (χ0) is 13.7. The van der Waals surface area contributed by atoms with E-state index in [2.05, 4.69) is 0 Å². The average molecular weight is 254 g/mol. The first kappa shape index (κ1) is 13.2. The van der Waals surface area contributed by atoms with Crippen LogP contribution in [0, 0.1) is 0 Å². The van der Waals surface area contributed by atoms with Crippen LogP contribution in [0.25, 0.3) is 0 Å². The highest BCUT2D eigenvalue weighted by molar-refractivity contribution is 6.67. The van der Waals surface area contributed by atoms with E-state index in [-0.39, 0.29) is 5.97 Å². The Morgan fingerprint density at radius 2 is 1.37 bits per heavy atom. The number of hydrogen-bond donors (Lipinski definition) is 0. The van der Waals surface area contributed by atoms with E-state index in [4.69, 9.17) is 9.47 Å². The van der Waals surface area contributed by atoms with Gasteiger partial charge >= 0.3 is 5.97 Å². The maximum absolute atomic E-state index is 10.8. The van der Waals surface area contributed by atoms with Crippen LogP contribution in [0.15, 0.2) is 48.5 Å². The van der Waals surface area contributed by atoms with Gasteiger partial charge < -0.3 is 9.47 Å². The summed E-state index contributed by atoms with van der Waals surface area (Å²) in [6.45, 7) is 1.39. The first-order valence-electron chi connectivity index (χ1n) is 6.07. The molecule has 96 valence electrons. The molecule has 0 bridgehead atoms. The van der Waals surface area contributed by atoms with Gasteiger partial charge in [-0.2, -0.15) is 0 Å². The fraction of sp³-hybridized carbons (Fsp3) is 0.133. The van der Waals surface area contributed by atoms with Crippen molar-refractivity contribution < 1.29 is 14.3 Å². The number of esters is 1. The molecule has 0 saturated heterocycles. The van der Waals surface area contributed by atoms with Crippen molar-refractivity contribution in [2.75, 3.05) is 7.11 Å². The van der Waals surface area contributed by atoms with Crippen LogP contribution in [0.4, 0.5) is 0 Å². The van der Waals surface area contributed by atoms with E-state index in [9.17, 15) is 4.79 Å². The topological polar surface area (TPSA) is 35.5 Å². The van der Waals surface area contributed by atoms with Crippen molar-refractivity contribution in [3.8, 4) is 11.5 Å². The summed E-state index contributed by atoms with van der Waals surface area (Å²) < 4.78 is 10.1. The van der Waals surface area contributed by atoms with E-state index in [0.29, 0.717) is 5.75 Å². The third-order valence-corrected chi connectivity index (χ3v) is 2.75. The largest absolute Gasteiger partial charge is 0.497 e. The van der Waals surface area contributed by atoms with Crippen molar-refractivity contribution in [3.05, 3.63) is 48.5 Å². The van der Waals surface area contributed by atoms with Crippen LogP contribution in [0.1, 0.15) is 6.92 Å². The molecular formula is C15H15BO3. The second-order valence-corrected chi connectivity index (χ2v) is 4.26. The van der Waals surface area contributed by atoms with Crippen LogP contribution >= 0.6 is 0 Å². The fourth-order valence-electron chi connectivity index (χ4n) is 1.82. The number of carbonyl (C=O) groups is 1. The predicted octanol–water partition coefficient (Wildman–Crippen LogP) is 1.01. The molecule has 2 aromatic carbocycles. The van der Waals surface area contributed by atoms with Gasteiger partial charge in [0.25, 0.3) is 0 Å². The summed E-state index contributed by atoms with van der Waals surface area (Å²) in [5.74, 6) is 1.13. The minimum atomic E-state index is -0.303. The minimum absolute atomic E-state index is 0.303. The van der Waals surface area contributed by atoms with Crippen molar-refractivity contribution >= 4 is 24.2 Å². The number of ether oxygens (including phenoxy) is 2. The molecule has 0 spiro atoms. The molecule has 19 heavy (non-hydrogen) atoms. The van der Waals surface area contributed by atoms with Crippen molar-refractivity contribution in [3.63, 3.8) is 0 Å². The van der Waals surface area contributed by atoms with E-state index in [0.717, 1.165) is 13.0 Å². The van der Waals surface area contributed by atoms with Crippen LogP contribution in [0.5, 0.6) is 11.5 Å². The molecule has 0 fully saturated rings. The lowest BCUT2D eigenvalue weighted by atomic mass is 9.64. The number of benzene rings is 2. The van der Waals surface area contributed by atoms with Crippen molar-refractivity contribution in [2.45, 2.75) is 6.92 Å². The van der Waals surface area contributed by atoms with Gasteiger partial charge in [0, 0.05) is 6.92 Å². The van der Waals surface area contributed by atoms with Gasteiger partial charge in [0.1, 0.15) is 11.5 Å². The number of rotatable bonds is 4. The Morgan fingerprint density at radius 1 is 0.895 bits per heavy atom. The molecule has 2 aromatic rings. The van der Waals surface area contributed by atoms with Crippen LogP contribution < -0.4 is 20.4 Å². The summed E-state index contributed by atoms with van der Waals surface area (Å²) in [5, 5.41) is 0. The van der Waals surface area contributed by atoms with Gasteiger partial charge in [0.2, 0.25) is 0 Å². The van der Waals surface area contributed by atoms with Gasteiger partial charge in [0.15, 0.2) is 7.28 Å². The normalized spacial score (nSPS) is 9.79. The molecule has 3 nitrogen and oxygen atoms in total. The SMILES string of the molecule is COc1ccc(Bc2ccc(OC(C)=O)cc2)cc1. The molecule has 0 aliphatic heterocycles. The van der Waals surface area contributed by atoms with Crippen LogP contribution in [-0.2, 0) is 4.79 Å². The van der Waals surface area contributed by atoms with Gasteiger partial charge in [-0.05, 0) is 24.3 Å². The van der Waals surface area contributed by atoms with E-state index in [1.807, 2.05) is 36.4 Å². The van der Waals surface area contributed by atoms with Gasteiger partial charge in [0.05, 0.1) is 7.11 Å². The highest BCUT2D eigenvalue weighted by atomic mass is 16.5. The number of hydrogen-bond acceptors (Lipinski definition) is 3. The molecule has 0 unspecified atom stereocenters. The molecule has 2 rings (SSSR count). The predicted molar refractivity (Wildman–Crippen MR) is 77.2 cm³/mol. The zero-order valence-corrected chi connectivity index (χ0v) is 11.1. The summed E-state index contributed by atoms with van der Waals surface area (Å²) >= 11 is 0. The Hall–Kier alpha value is -2.23. The Labute approximate surface area is 113 Å². The van der Waals surface area contributed by atoms with Crippen LogP contribution in [-0.4, -0.2) is 20.4 Å². The summed E-state index contributed by atoms with van der Waals surface area (Å²) in [6, 6.07) is 15.5. The molecule has 0 aliphatic rings. The van der Waals surface area contributed by atoms with Crippen molar-refractivity contribution in [1.82, 2.24) is 0 Å². The fourth-order valence-corrected chi connectivity index (χ4v) is 1.82. The lowest BCUT2D eigenvalue weighted by Crippen LogP contribution is -2.26. The number of carbonyl (C=O) groups excluding carboxylic acids is 1. The number of methoxy groups -OCH3 is 1. The van der Waals surface area contributed by atoms with Crippen LogP contribution in [0.2, 0.25) is 0 Å². The second kappa shape index (κ2) is 6.09. The van der Waals surface area contributed by atoms with E-state index in [1.165, 1.54) is 17.8 Å². The summed E-state index contributed by atoms with van der Waals surface area (Å²) in [4.78, 5) is 10.8. The maximum atomic E-state index is 10.8. The third kappa shape index (κ3) is 3.88. The third-order valence-electron chi connectivity index (χ3n) is 2.75. The van der Waals surface area contributed by atoms with Crippen molar-refractivity contribution in [2.24, 2.45) is 0 Å². The molecule has 0 aromatic heterocycles. The van der Waals surface area contributed by atoms with E-state index >= 15 is 0 Å². The van der Waals surface area contributed by atoms with Gasteiger partial charge in [-0.3, -0.25) is 4.79 Å². The molecular weight excluding hydrogens is 239 g/mol. The standard InChI is InChI=1S/C15H15BO3/c1-11(17)19-15-9-5-13(6-10-15)16-12-3-7-14(18-2)8-4-12/h3-10,16H,1-2H3. The zero-order valence-electron chi connectivity index (χ0n) is 11.1. The summed E-state index contributed by atoms with van der Waals surface area (Å²) in [5.41, 5.74) is 2.38. The Morgan fingerprint density at radius 3 is 1.79 bits per heavy atom. The Balaban J connectivity index is 2.04. The van der Waals surface area contributed by atoms with Gasteiger partial charge in [-0.1, -0.05) is 35.2 Å². The smallest absolute Gasteiger partial charge is 0.308 e. The van der Waals surface area contributed by atoms with E-state index in [1.54, 1.807) is 19.2 Å². The minimum Gasteiger partial charge on any atom is -0.497 e. The molecule has 0 radical (unpaired) electrons. The van der Waals surface area contributed by atoms with Gasteiger partial charge in [-0.25, -0.2) is 0 Å². The highest BCUT2D eigenvalue weighted by Gasteiger charge is 2.02. The summed E-state index contributed by atoms with van der Waals surface area (Å²) in [7, 11) is 2.49. The van der Waals surface area contributed by atoms with Crippen LogP contribution in [0.3, 0.4) is 0 Å². The first-order valence-corrected chi connectivity index (χ1v) is 6.07. The summed E-state index contributed by atoms with van der Waals surface area (Å²) in [6.07, 6.45) is 0. The molecule has 0 atom stereocenters.